The van der Waals surface area contributed by atoms with Gasteiger partial charge in [0.1, 0.15) is 0 Å². The molecule has 0 saturated heterocycles. The van der Waals surface area contributed by atoms with Crippen molar-refractivity contribution in [1.29, 1.82) is 0 Å². The van der Waals surface area contributed by atoms with Crippen LogP contribution in [0.4, 0.5) is 0 Å². The van der Waals surface area contributed by atoms with Gasteiger partial charge >= 0.3 is 594 Å². The second-order valence-electron chi connectivity index (χ2n) is 35.9. The molecule has 0 nitrogen and oxygen atoms in total. The van der Waals surface area contributed by atoms with Crippen molar-refractivity contribution >= 4 is 324 Å². The summed E-state index contributed by atoms with van der Waals surface area (Å²) >= 11 is -9.90. The summed E-state index contributed by atoms with van der Waals surface area (Å²) in [5.41, 5.74) is 25.0. The van der Waals surface area contributed by atoms with Crippen LogP contribution in [0.2, 0.25) is 4.09 Å². The van der Waals surface area contributed by atoms with Gasteiger partial charge in [-0.3, -0.25) is 0 Å². The molecule has 0 radical (unpaired) electrons. The van der Waals surface area contributed by atoms with Gasteiger partial charge in [-0.1, -0.05) is 0 Å². The fraction of sp³-hybridized carbons (Fsp3) is 0.188. The predicted octanol–water partition coefficient (Wildman–Crippen LogP) is 23.6. The van der Waals surface area contributed by atoms with E-state index in [1.807, 2.05) is 51.0 Å². The number of rotatable bonds is 12. The molecule has 31 aromatic rings. The van der Waals surface area contributed by atoms with E-state index >= 15 is 0 Å². The average Bonchev–Trinajstić information content (AvgIpc) is 1.37. The van der Waals surface area contributed by atoms with Gasteiger partial charge in [0.15, 0.2) is 0 Å². The first kappa shape index (κ1) is 48.4. The summed E-state index contributed by atoms with van der Waals surface area (Å²) in [6, 6.07) is 32.4. The maximum atomic E-state index is 2.76. The van der Waals surface area contributed by atoms with Crippen molar-refractivity contribution in [2.24, 2.45) is 0 Å². The van der Waals surface area contributed by atoms with Gasteiger partial charge in [0.05, 0.1) is 0 Å². The zero-order valence-electron chi connectivity index (χ0n) is 58.3. The van der Waals surface area contributed by atoms with Crippen LogP contribution in [0.25, 0.3) is 280 Å². The van der Waals surface area contributed by atoms with Gasteiger partial charge in [0, 0.05) is 0 Å². The fourth-order valence-electron chi connectivity index (χ4n) is 33.7. The summed E-state index contributed by atoms with van der Waals surface area (Å²) in [6.45, 7) is 21.0. The van der Waals surface area contributed by atoms with Gasteiger partial charge in [0.2, 0.25) is 0 Å². The molecule has 2 aliphatic heterocycles. The van der Waals surface area contributed by atoms with Crippen molar-refractivity contribution in [3.05, 3.63) is 151 Å². The van der Waals surface area contributed by atoms with E-state index in [9.17, 15) is 0 Å². The molecule has 466 valence electrons. The molecule has 0 aromatic heterocycles. The van der Waals surface area contributed by atoms with Crippen LogP contribution in [0.15, 0.2) is 72.8 Å². The third-order valence-electron chi connectivity index (χ3n) is 34.8. The Bertz CT molecular complexity index is 8660. The zero-order valence-corrected chi connectivity index (χ0v) is 62.5. The summed E-state index contributed by atoms with van der Waals surface area (Å²) in [5, 5.41) is 88.8. The first-order valence-electron chi connectivity index (χ1n) is 40.2. The third-order valence-corrected chi connectivity index (χ3v) is 69.6. The molecule has 31 aromatic carbocycles. The normalized spacial score (nSPS) is 20.2. The molecule has 0 N–H and O–H groups in total. The second kappa shape index (κ2) is 12.8. The molecule has 2 bridgehead atoms. The van der Waals surface area contributed by atoms with Crippen LogP contribution in [0, 0.1) is 0 Å². The Balaban J connectivity index is 1.02. The molecule has 2 heteroatoms. The van der Waals surface area contributed by atoms with Crippen molar-refractivity contribution in [3.63, 3.8) is 0 Å². The average molecular weight is 1410 g/mol. The number of aryl methyl sites for hydroxylation is 8. The fourth-order valence-corrected chi connectivity index (χ4v) is 86.4. The van der Waals surface area contributed by atoms with Crippen LogP contribution < -0.4 is 17.6 Å². The molecule has 5 aliphatic carbocycles. The molecule has 0 amide bonds. The minimum absolute atomic E-state index is 0.468. The Labute approximate surface area is 589 Å². The molecule has 103 heavy (non-hydrogen) atoms. The minimum atomic E-state index is -4.95. The van der Waals surface area contributed by atoms with Crippen LogP contribution in [-0.2, 0) is 59.9 Å². The Morgan fingerprint density at radius 3 is 0.447 bits per heavy atom. The standard InChI is InChI=1S/C101H54Ge2/c1-9-30-21-17-22-31(10-2)96(30)102(97-32(11-3)23-18-24-33(97)12-4)29-103(98-34(13-5)25-19-26-35(98)14-6,99-36(15-7)27-20-28-37(99)16-8)101-91-83-74-67-54-47-41-40-42-38-39-43(41)52(54)58-56-45(39)48-44(38)55-57-51(42)53-46(40)49-50(47)61-68-60(49)69-66(53)73-71(57)75-62(55)64-59(48)65-63(56)76(72(58)74)87(91)89-78(65)77(64)88-86(75)90-82(73)79(69)84-81(68)85(80(83)70(61)67)93(101)92(84)100(90,102)94(88)95(89)101/h17-28H,9-16,29H2,1-8H3. The van der Waals surface area contributed by atoms with E-state index in [0.717, 1.165) is 51.4 Å². The summed E-state index contributed by atoms with van der Waals surface area (Å²) in [4.78, 5) is 0. The monoisotopic (exact) mass is 1410 g/mol. The van der Waals surface area contributed by atoms with Crippen LogP contribution >= 0.6 is 0 Å². The van der Waals surface area contributed by atoms with Crippen molar-refractivity contribution in [3.8, 4) is 0 Å². The van der Waals surface area contributed by atoms with Crippen molar-refractivity contribution in [1.82, 2.24) is 0 Å². The van der Waals surface area contributed by atoms with Gasteiger partial charge in [-0.05, 0) is 0 Å². The van der Waals surface area contributed by atoms with Crippen LogP contribution in [0.1, 0.15) is 133 Å². The number of hydrogen-bond acceptors (Lipinski definition) is 0. The molecule has 38 rings (SSSR count). The maximum absolute atomic E-state index is 4.95. The molecule has 2 atom stereocenters. The van der Waals surface area contributed by atoms with Crippen molar-refractivity contribution in [2.45, 2.75) is 119 Å². The number of hydrogen-bond donors (Lipinski definition) is 0. The van der Waals surface area contributed by atoms with E-state index in [0.29, 0.717) is 0 Å². The first-order valence-corrected chi connectivity index (χ1v) is 49.4. The van der Waals surface area contributed by atoms with Crippen molar-refractivity contribution in [2.75, 3.05) is 0 Å². The summed E-state index contributed by atoms with van der Waals surface area (Å²) < 4.78 is 8.10. The number of fused-ring (bicyclic) bond motifs is 2. The van der Waals surface area contributed by atoms with Crippen LogP contribution in [0.3, 0.4) is 0 Å². The summed E-state index contributed by atoms with van der Waals surface area (Å²) in [7, 11) is 0. The molecule has 0 saturated carbocycles. The Kier molecular flexibility index (Phi) is 6.03. The molecule has 0 fully saturated rings. The topological polar surface area (TPSA) is 0 Å². The molecule has 2 spiro atoms. The van der Waals surface area contributed by atoms with Crippen LogP contribution in [0.5, 0.6) is 0 Å². The molecule has 2 unspecified atom stereocenters. The second-order valence-corrected chi connectivity index (χ2v) is 55.4. The van der Waals surface area contributed by atoms with E-state index < -0.39 is 35.0 Å². The quantitative estimate of drug-likeness (QED) is 0.0845. The predicted molar refractivity (Wildman–Crippen MR) is 448 cm³/mol. The molecule has 2 heterocycles. The van der Waals surface area contributed by atoms with Gasteiger partial charge in [-0.15, -0.1) is 0 Å². The third kappa shape index (κ3) is 3.25. The SMILES string of the molecule is CCc1cccc(CC)[c]1[Ge]1([c]2c(CC)cccc2CC)[CH2][Ge]([c]2c(CC)cccc2CC)([c]2c(CC)cccc2CC)[C]23c4c5c6c7c8c9c%10c%11c(c2c2c%12c3c3c%13c4c6c4c6c7c7c8c8c%10c%10c%14c%11c2c2c%11c%12c%12c3c3c%13c4c4c6c6c7c7c8c%10c8c(c%142)c2c%11c%12c%10c3c4c3c%10c2c8c7c63)[C]591. The van der Waals surface area contributed by atoms with Gasteiger partial charge in [0.25, 0.3) is 0 Å². The zero-order chi connectivity index (χ0) is 65.3. The summed E-state index contributed by atoms with van der Waals surface area (Å²) in [5.74, 6) is 0. The Morgan fingerprint density at radius 1 is 0.175 bits per heavy atom. The van der Waals surface area contributed by atoms with Gasteiger partial charge in [-0.2, -0.15) is 0 Å². The van der Waals surface area contributed by atoms with Gasteiger partial charge < -0.3 is 0 Å². The van der Waals surface area contributed by atoms with E-state index in [-0.39, 0.29) is 0 Å². The first-order chi connectivity index (χ1) is 50.9. The molecular weight excluding hydrogens is 1360 g/mol. The van der Waals surface area contributed by atoms with E-state index in [1.165, 1.54) is 4.09 Å². The Hall–Kier alpha value is -9.57. The molecular formula is C101H54Ge2. The van der Waals surface area contributed by atoms with Gasteiger partial charge in [-0.25, -0.2) is 0 Å². The number of benzene rings is 21. The van der Waals surface area contributed by atoms with E-state index in [1.54, 1.807) is 325 Å². The van der Waals surface area contributed by atoms with Crippen LogP contribution in [-0.4, -0.2) is 26.5 Å². The summed E-state index contributed by atoms with van der Waals surface area (Å²) in [6.07, 6.45) is 8.32. The van der Waals surface area contributed by atoms with E-state index in [4.69, 9.17) is 0 Å². The van der Waals surface area contributed by atoms with Crippen molar-refractivity contribution < 1.29 is 0 Å². The molecule has 7 aliphatic rings. The Morgan fingerprint density at radius 2 is 0.291 bits per heavy atom. The van der Waals surface area contributed by atoms with E-state index in [2.05, 4.69) is 128 Å².